The van der Waals surface area contributed by atoms with Gasteiger partial charge < -0.3 is 0 Å². The summed E-state index contributed by atoms with van der Waals surface area (Å²) in [6, 6.07) is 5.16. The van der Waals surface area contributed by atoms with Crippen LogP contribution in [0.5, 0.6) is 0 Å². The second-order valence-electron chi connectivity index (χ2n) is 3.05. The molecule has 1 aromatic heterocycles. The zero-order valence-corrected chi connectivity index (χ0v) is 8.95. The van der Waals surface area contributed by atoms with Crippen LogP contribution in [0.15, 0.2) is 24.3 Å². The minimum atomic E-state index is -1.56. The first-order valence-corrected chi connectivity index (χ1v) is 4.85. The van der Waals surface area contributed by atoms with Crippen LogP contribution >= 0.6 is 11.6 Å². The van der Waals surface area contributed by atoms with Crippen molar-refractivity contribution in [1.29, 1.82) is 0 Å². The third-order valence-corrected chi connectivity index (χ3v) is 2.32. The number of aromatic nitrogens is 4. The molecule has 0 fully saturated rings. The number of tetrazole rings is 1. The van der Waals surface area contributed by atoms with E-state index in [1.165, 1.54) is 24.3 Å². The van der Waals surface area contributed by atoms with Gasteiger partial charge >= 0.3 is 5.50 Å². The van der Waals surface area contributed by atoms with Crippen LogP contribution in [0, 0.1) is 15.9 Å². The van der Waals surface area contributed by atoms with Crippen molar-refractivity contribution >= 4 is 11.6 Å². The molecule has 0 spiro atoms. The summed E-state index contributed by atoms with van der Waals surface area (Å²) in [6.07, 6.45) is 0. The van der Waals surface area contributed by atoms with E-state index in [1.54, 1.807) is 0 Å². The van der Waals surface area contributed by atoms with Gasteiger partial charge in [-0.05, 0) is 46.3 Å². The molecule has 1 atom stereocenters. The molecule has 2 rings (SSSR count). The number of nitrogens with zero attached hydrogens (tertiary/aromatic N) is 5. The summed E-state index contributed by atoms with van der Waals surface area (Å²) >= 11 is 5.53. The standard InChI is InChI=1S/C8H5ClFN5O2/c9-7(15(16)17)8-11-12-13-14(8)6-3-1-5(10)2-4-6/h1-4,7H. The van der Waals surface area contributed by atoms with Gasteiger partial charge in [0.25, 0.3) is 0 Å². The predicted octanol–water partition coefficient (Wildman–Crippen LogP) is 1.32. The van der Waals surface area contributed by atoms with Gasteiger partial charge in [0, 0.05) is 4.92 Å². The molecular formula is C8H5ClFN5O2. The zero-order chi connectivity index (χ0) is 12.4. The fourth-order valence-corrected chi connectivity index (χ4v) is 1.34. The molecule has 7 nitrogen and oxygen atoms in total. The second kappa shape index (κ2) is 4.42. The lowest BCUT2D eigenvalue weighted by atomic mass is 10.3. The Kier molecular flexibility index (Phi) is 2.96. The smallest absolute Gasteiger partial charge is 0.262 e. The molecule has 0 amide bonds. The molecule has 9 heteroatoms. The highest BCUT2D eigenvalue weighted by Gasteiger charge is 2.27. The number of hydrogen-bond donors (Lipinski definition) is 0. The van der Waals surface area contributed by atoms with Crippen molar-refractivity contribution in [2.75, 3.05) is 0 Å². The Bertz CT molecular complexity index is 543. The molecule has 88 valence electrons. The maximum absolute atomic E-state index is 12.7. The maximum Gasteiger partial charge on any atom is 0.347 e. The normalized spacial score (nSPS) is 12.4. The fourth-order valence-electron chi connectivity index (χ4n) is 1.20. The average Bonchev–Trinajstić information content (AvgIpc) is 2.77. The lowest BCUT2D eigenvalue weighted by molar-refractivity contribution is -0.505. The average molecular weight is 258 g/mol. The Balaban J connectivity index is 2.43. The monoisotopic (exact) mass is 257 g/mol. The summed E-state index contributed by atoms with van der Waals surface area (Å²) in [7, 11) is 0. The molecule has 0 saturated heterocycles. The van der Waals surface area contributed by atoms with Gasteiger partial charge in [-0.1, -0.05) is 0 Å². The first-order valence-electron chi connectivity index (χ1n) is 4.41. The van der Waals surface area contributed by atoms with Gasteiger partial charge in [-0.2, -0.15) is 4.68 Å². The molecule has 0 radical (unpaired) electrons. The van der Waals surface area contributed by atoms with E-state index in [2.05, 4.69) is 15.5 Å². The van der Waals surface area contributed by atoms with Crippen LogP contribution in [0.4, 0.5) is 4.39 Å². The Morgan fingerprint density at radius 2 is 2.06 bits per heavy atom. The third kappa shape index (κ3) is 2.21. The van der Waals surface area contributed by atoms with E-state index in [0.29, 0.717) is 5.69 Å². The van der Waals surface area contributed by atoms with E-state index in [-0.39, 0.29) is 5.82 Å². The molecular weight excluding hydrogens is 253 g/mol. The molecule has 0 N–H and O–H groups in total. The number of benzene rings is 1. The van der Waals surface area contributed by atoms with Gasteiger partial charge in [0.15, 0.2) is 0 Å². The molecule has 17 heavy (non-hydrogen) atoms. The number of alkyl halides is 1. The molecule has 0 aliphatic carbocycles. The minimum absolute atomic E-state index is 0.136. The van der Waals surface area contributed by atoms with Crippen LogP contribution in [-0.2, 0) is 0 Å². The largest absolute Gasteiger partial charge is 0.347 e. The van der Waals surface area contributed by atoms with Gasteiger partial charge in [0.05, 0.1) is 5.69 Å². The zero-order valence-electron chi connectivity index (χ0n) is 8.20. The van der Waals surface area contributed by atoms with E-state index in [9.17, 15) is 14.5 Å². The van der Waals surface area contributed by atoms with Crippen molar-refractivity contribution in [2.45, 2.75) is 5.50 Å². The molecule has 2 aromatic rings. The van der Waals surface area contributed by atoms with Crippen LogP contribution < -0.4 is 0 Å². The highest BCUT2D eigenvalue weighted by atomic mass is 35.5. The van der Waals surface area contributed by atoms with E-state index >= 15 is 0 Å². The Labute approximate surface area is 99.0 Å². The van der Waals surface area contributed by atoms with Crippen LogP contribution in [0.25, 0.3) is 5.69 Å². The van der Waals surface area contributed by atoms with Gasteiger partial charge in [0.2, 0.25) is 5.82 Å². The summed E-state index contributed by atoms with van der Waals surface area (Å²) in [5, 5.41) is 20.9. The Morgan fingerprint density at radius 3 is 2.65 bits per heavy atom. The van der Waals surface area contributed by atoms with Crippen molar-refractivity contribution in [1.82, 2.24) is 20.2 Å². The molecule has 1 aromatic carbocycles. The summed E-state index contributed by atoms with van der Waals surface area (Å²) in [5.41, 5.74) is -1.17. The number of nitro groups is 1. The van der Waals surface area contributed by atoms with Gasteiger partial charge in [-0.3, -0.25) is 10.1 Å². The Morgan fingerprint density at radius 1 is 1.41 bits per heavy atom. The van der Waals surface area contributed by atoms with Crippen LogP contribution in [0.1, 0.15) is 11.3 Å². The molecule has 0 bridgehead atoms. The summed E-state index contributed by atoms with van der Waals surface area (Å²) in [4.78, 5) is 9.81. The molecule has 0 aliphatic heterocycles. The van der Waals surface area contributed by atoms with Crippen LogP contribution in [-0.4, -0.2) is 25.1 Å². The number of hydrogen-bond acceptors (Lipinski definition) is 5. The van der Waals surface area contributed by atoms with Crippen LogP contribution in [0.2, 0.25) is 0 Å². The Hall–Kier alpha value is -2.09. The van der Waals surface area contributed by atoms with E-state index in [1.807, 2.05) is 0 Å². The highest BCUT2D eigenvalue weighted by Crippen LogP contribution is 2.20. The predicted molar refractivity (Wildman–Crippen MR) is 54.7 cm³/mol. The third-order valence-electron chi connectivity index (χ3n) is 1.96. The van der Waals surface area contributed by atoms with Crippen molar-refractivity contribution in [3.63, 3.8) is 0 Å². The first-order chi connectivity index (χ1) is 8.09. The lowest BCUT2D eigenvalue weighted by Crippen LogP contribution is -2.11. The fraction of sp³-hybridized carbons (Fsp3) is 0.125. The maximum atomic E-state index is 12.7. The van der Waals surface area contributed by atoms with E-state index in [4.69, 9.17) is 11.6 Å². The highest BCUT2D eigenvalue weighted by molar-refractivity contribution is 6.19. The van der Waals surface area contributed by atoms with Crippen molar-refractivity contribution in [2.24, 2.45) is 0 Å². The SMILES string of the molecule is O=[N+]([O-])C(Cl)c1nnnn1-c1ccc(F)cc1. The van der Waals surface area contributed by atoms with Gasteiger partial charge in [0.1, 0.15) is 5.82 Å². The molecule has 1 heterocycles. The van der Waals surface area contributed by atoms with Gasteiger partial charge in [-0.25, -0.2) is 4.39 Å². The van der Waals surface area contributed by atoms with Gasteiger partial charge in [-0.15, -0.1) is 5.10 Å². The van der Waals surface area contributed by atoms with E-state index in [0.717, 1.165) is 4.68 Å². The molecule has 0 saturated carbocycles. The number of halogens is 2. The summed E-state index contributed by atoms with van der Waals surface area (Å²) in [5.74, 6) is -0.566. The van der Waals surface area contributed by atoms with Crippen molar-refractivity contribution < 1.29 is 9.31 Å². The lowest BCUT2D eigenvalue weighted by Gasteiger charge is -2.03. The minimum Gasteiger partial charge on any atom is -0.262 e. The molecule has 1 unspecified atom stereocenters. The van der Waals surface area contributed by atoms with Crippen molar-refractivity contribution in [3.8, 4) is 5.69 Å². The first kappa shape index (κ1) is 11.4. The topological polar surface area (TPSA) is 86.7 Å². The summed E-state index contributed by atoms with van der Waals surface area (Å²) in [6.45, 7) is 0. The second-order valence-corrected chi connectivity index (χ2v) is 3.46. The quantitative estimate of drug-likeness (QED) is 0.358. The number of rotatable bonds is 3. The molecule has 0 aliphatic rings. The summed E-state index contributed by atoms with van der Waals surface area (Å²) < 4.78 is 13.8. The van der Waals surface area contributed by atoms with Crippen LogP contribution in [0.3, 0.4) is 0 Å². The van der Waals surface area contributed by atoms with E-state index < -0.39 is 16.2 Å². The van der Waals surface area contributed by atoms with Crippen molar-refractivity contribution in [3.05, 3.63) is 46.0 Å².